The summed E-state index contributed by atoms with van der Waals surface area (Å²) in [4.78, 5) is 20.2. The minimum atomic E-state index is -0.806. The summed E-state index contributed by atoms with van der Waals surface area (Å²) in [5, 5.41) is 5.70. The zero-order chi connectivity index (χ0) is 23.0. The molecular weight excluding hydrogens is 418 g/mol. The fraction of sp³-hybridized carbons (Fsp3) is 0.385. The molecule has 0 spiro atoms. The van der Waals surface area contributed by atoms with Gasteiger partial charge in [-0.3, -0.25) is 9.78 Å². The van der Waals surface area contributed by atoms with Crippen molar-refractivity contribution < 1.29 is 19.0 Å². The molecule has 3 heterocycles. The topological polar surface area (TPSA) is 72.9 Å². The maximum absolute atomic E-state index is 13.7. The van der Waals surface area contributed by atoms with Crippen LogP contribution in [0.2, 0.25) is 0 Å². The van der Waals surface area contributed by atoms with Gasteiger partial charge in [-0.2, -0.15) is 0 Å². The average Bonchev–Trinajstić information content (AvgIpc) is 3.43. The summed E-state index contributed by atoms with van der Waals surface area (Å²) in [6, 6.07) is 13.9. The van der Waals surface area contributed by atoms with E-state index in [0.717, 1.165) is 35.9 Å². The van der Waals surface area contributed by atoms with Crippen LogP contribution in [0.4, 0.5) is 0 Å². The fourth-order valence-corrected chi connectivity index (χ4v) is 4.55. The molecule has 1 atom stereocenters. The fourth-order valence-electron chi connectivity index (χ4n) is 4.55. The minimum absolute atomic E-state index is 0.0898. The van der Waals surface area contributed by atoms with E-state index < -0.39 is 5.79 Å². The molecule has 1 fully saturated rings. The maximum atomic E-state index is 13.7. The first-order valence-corrected chi connectivity index (χ1v) is 11.4. The highest BCUT2D eigenvalue weighted by Gasteiger charge is 2.36. The second-order valence-corrected chi connectivity index (χ2v) is 9.11. The van der Waals surface area contributed by atoms with Gasteiger partial charge in [-0.15, -0.1) is 0 Å². The highest BCUT2D eigenvalue weighted by atomic mass is 16.7. The van der Waals surface area contributed by atoms with Crippen molar-refractivity contribution >= 4 is 16.7 Å². The van der Waals surface area contributed by atoms with Crippen LogP contribution in [-0.4, -0.2) is 47.8 Å². The molecule has 33 heavy (non-hydrogen) atoms. The molecule has 2 aromatic carbocycles. The summed E-state index contributed by atoms with van der Waals surface area (Å²) < 4.78 is 17.3. The molecule has 1 N–H and O–H groups in total. The van der Waals surface area contributed by atoms with E-state index in [2.05, 4.69) is 22.4 Å². The standard InChI is InChI=1S/C26H29N3O4/c1-26(2)32-23-13-19(12-22(31-3)24(23)33-26)25(30)29(15-20-9-6-10-27-20)16-21-11-17-7-4-5-8-18(17)14-28-21/h4-5,7-8,11-14,20,27H,6,9-10,15-16H2,1-3H3/t20-/m0/s1. The van der Waals surface area contributed by atoms with Crippen molar-refractivity contribution in [1.82, 2.24) is 15.2 Å². The maximum Gasteiger partial charge on any atom is 0.254 e. The lowest BCUT2D eigenvalue weighted by atomic mass is 10.1. The number of nitrogens with one attached hydrogen (secondary N) is 1. The number of fused-ring (bicyclic) bond motifs is 2. The highest BCUT2D eigenvalue weighted by Crippen LogP contribution is 2.46. The van der Waals surface area contributed by atoms with Crippen molar-refractivity contribution in [2.45, 2.75) is 45.1 Å². The van der Waals surface area contributed by atoms with Crippen molar-refractivity contribution in [3.63, 3.8) is 0 Å². The van der Waals surface area contributed by atoms with Gasteiger partial charge >= 0.3 is 0 Å². The SMILES string of the molecule is COc1cc(C(=O)N(Cc2cc3ccccc3cn2)C[C@@H]2CCCN2)cc2c1OC(C)(C)O2. The van der Waals surface area contributed by atoms with Crippen LogP contribution in [0.1, 0.15) is 42.7 Å². The molecule has 2 aliphatic heterocycles. The molecule has 3 aromatic rings. The monoisotopic (exact) mass is 447 g/mol. The van der Waals surface area contributed by atoms with Gasteiger partial charge in [-0.1, -0.05) is 24.3 Å². The van der Waals surface area contributed by atoms with Crippen molar-refractivity contribution in [1.29, 1.82) is 0 Å². The third-order valence-corrected chi connectivity index (χ3v) is 6.12. The van der Waals surface area contributed by atoms with Crippen LogP contribution in [-0.2, 0) is 6.54 Å². The van der Waals surface area contributed by atoms with E-state index in [1.807, 2.05) is 43.1 Å². The van der Waals surface area contributed by atoms with Gasteiger partial charge < -0.3 is 24.4 Å². The predicted octanol–water partition coefficient (Wildman–Crippen LogP) is 4.15. The molecule has 0 unspecified atom stereocenters. The number of rotatable bonds is 6. The number of benzene rings is 2. The molecule has 2 aliphatic rings. The smallest absolute Gasteiger partial charge is 0.254 e. The van der Waals surface area contributed by atoms with Gasteiger partial charge in [0.1, 0.15) is 0 Å². The van der Waals surface area contributed by atoms with Crippen LogP contribution in [0.3, 0.4) is 0 Å². The second kappa shape index (κ2) is 8.56. The molecule has 1 aromatic heterocycles. The number of amides is 1. The molecule has 0 radical (unpaired) electrons. The number of methoxy groups -OCH3 is 1. The Morgan fingerprint density at radius 1 is 1.21 bits per heavy atom. The Morgan fingerprint density at radius 2 is 2.03 bits per heavy atom. The van der Waals surface area contributed by atoms with Crippen LogP contribution in [0, 0.1) is 0 Å². The minimum Gasteiger partial charge on any atom is -0.493 e. The Hall–Kier alpha value is -3.32. The zero-order valence-electron chi connectivity index (χ0n) is 19.3. The first-order chi connectivity index (χ1) is 15.9. The Kier molecular flexibility index (Phi) is 5.58. The summed E-state index contributed by atoms with van der Waals surface area (Å²) in [6.45, 7) is 5.67. The predicted molar refractivity (Wildman–Crippen MR) is 126 cm³/mol. The molecule has 1 amide bonds. The van der Waals surface area contributed by atoms with Gasteiger partial charge in [0.2, 0.25) is 11.5 Å². The number of ether oxygens (including phenoxy) is 3. The third-order valence-electron chi connectivity index (χ3n) is 6.12. The number of hydrogen-bond donors (Lipinski definition) is 1. The molecule has 1 saturated heterocycles. The third kappa shape index (κ3) is 4.46. The average molecular weight is 448 g/mol. The van der Waals surface area contributed by atoms with Gasteiger partial charge in [0.25, 0.3) is 5.91 Å². The first kappa shape index (κ1) is 21.5. The lowest BCUT2D eigenvalue weighted by Gasteiger charge is -2.26. The normalized spacial score (nSPS) is 18.5. The van der Waals surface area contributed by atoms with Gasteiger partial charge in [0.05, 0.1) is 19.3 Å². The van der Waals surface area contributed by atoms with E-state index in [1.54, 1.807) is 19.2 Å². The molecule has 5 rings (SSSR count). The van der Waals surface area contributed by atoms with E-state index >= 15 is 0 Å². The Morgan fingerprint density at radius 3 is 2.79 bits per heavy atom. The number of pyridine rings is 1. The van der Waals surface area contributed by atoms with Crippen molar-refractivity contribution in [2.24, 2.45) is 0 Å². The van der Waals surface area contributed by atoms with E-state index in [0.29, 0.717) is 35.9 Å². The van der Waals surface area contributed by atoms with Gasteiger partial charge in [-0.25, -0.2) is 0 Å². The van der Waals surface area contributed by atoms with Crippen molar-refractivity contribution in [3.05, 3.63) is 59.9 Å². The number of carbonyl (C=O) groups excluding carboxylic acids is 1. The molecule has 0 saturated carbocycles. The Labute approximate surface area is 193 Å². The molecular formula is C26H29N3O4. The summed E-state index contributed by atoms with van der Waals surface area (Å²) in [5.74, 6) is 0.640. The lowest BCUT2D eigenvalue weighted by molar-refractivity contribution is -0.0439. The number of hydrogen-bond acceptors (Lipinski definition) is 6. The van der Waals surface area contributed by atoms with Crippen LogP contribution >= 0.6 is 0 Å². The van der Waals surface area contributed by atoms with Crippen LogP contribution in [0.25, 0.3) is 10.8 Å². The number of carbonyl (C=O) groups is 1. The van der Waals surface area contributed by atoms with Gasteiger partial charge in [0, 0.05) is 43.6 Å². The van der Waals surface area contributed by atoms with Gasteiger partial charge in [-0.05, 0) is 43.0 Å². The van der Waals surface area contributed by atoms with Gasteiger partial charge in [0.15, 0.2) is 11.5 Å². The van der Waals surface area contributed by atoms with E-state index in [9.17, 15) is 4.79 Å². The molecule has 0 bridgehead atoms. The molecule has 7 heteroatoms. The highest BCUT2D eigenvalue weighted by molar-refractivity contribution is 5.96. The van der Waals surface area contributed by atoms with Crippen LogP contribution < -0.4 is 19.5 Å². The summed E-state index contributed by atoms with van der Waals surface area (Å²) >= 11 is 0. The largest absolute Gasteiger partial charge is 0.493 e. The van der Waals surface area contributed by atoms with Crippen LogP contribution in [0.5, 0.6) is 17.2 Å². The zero-order valence-corrected chi connectivity index (χ0v) is 19.3. The van der Waals surface area contributed by atoms with Crippen molar-refractivity contribution in [2.75, 3.05) is 20.2 Å². The van der Waals surface area contributed by atoms with E-state index in [1.165, 1.54) is 0 Å². The first-order valence-electron chi connectivity index (χ1n) is 11.4. The van der Waals surface area contributed by atoms with Crippen LogP contribution in [0.15, 0.2) is 48.7 Å². The number of aromatic nitrogens is 1. The van der Waals surface area contributed by atoms with E-state index in [4.69, 9.17) is 14.2 Å². The van der Waals surface area contributed by atoms with E-state index in [-0.39, 0.29) is 11.9 Å². The summed E-state index contributed by atoms with van der Waals surface area (Å²) in [7, 11) is 1.57. The molecule has 172 valence electrons. The lowest BCUT2D eigenvalue weighted by Crippen LogP contribution is -2.40. The molecule has 0 aliphatic carbocycles. The molecule has 7 nitrogen and oxygen atoms in total. The number of nitrogens with zero attached hydrogens (tertiary/aromatic N) is 2. The quantitative estimate of drug-likeness (QED) is 0.612. The Balaban J connectivity index is 1.46. The Bertz CT molecular complexity index is 1190. The summed E-state index contributed by atoms with van der Waals surface area (Å²) in [6.07, 6.45) is 4.04. The second-order valence-electron chi connectivity index (χ2n) is 9.11. The summed E-state index contributed by atoms with van der Waals surface area (Å²) in [5.41, 5.74) is 1.36. The van der Waals surface area contributed by atoms with Crippen molar-refractivity contribution in [3.8, 4) is 17.2 Å².